The average Bonchev–Trinajstić information content (AvgIpc) is 3.19. The molecule has 0 aliphatic carbocycles. The summed E-state index contributed by atoms with van der Waals surface area (Å²) in [6, 6.07) is 1.89. The van der Waals surface area contributed by atoms with Gasteiger partial charge in [-0.25, -0.2) is 4.98 Å². The summed E-state index contributed by atoms with van der Waals surface area (Å²) < 4.78 is 1.67. The molecule has 4 heterocycles. The van der Waals surface area contributed by atoms with Crippen LogP contribution < -0.4 is 10.6 Å². The van der Waals surface area contributed by atoms with E-state index in [0.29, 0.717) is 5.82 Å². The predicted octanol–water partition coefficient (Wildman–Crippen LogP) is 1.30. The fourth-order valence-electron chi connectivity index (χ4n) is 2.68. The van der Waals surface area contributed by atoms with Crippen LogP contribution in [-0.2, 0) is 0 Å². The molecule has 4 rings (SSSR count). The molecule has 1 aliphatic heterocycles. The van der Waals surface area contributed by atoms with Gasteiger partial charge < -0.3 is 10.6 Å². The van der Waals surface area contributed by atoms with E-state index in [9.17, 15) is 0 Å². The number of hydrogen-bond donors (Lipinski definition) is 2. The van der Waals surface area contributed by atoms with Gasteiger partial charge in [0, 0.05) is 36.5 Å². The maximum Gasteiger partial charge on any atom is 0.167 e. The van der Waals surface area contributed by atoms with Crippen molar-refractivity contribution in [3.63, 3.8) is 0 Å². The Morgan fingerprint density at radius 3 is 2.80 bits per heavy atom. The van der Waals surface area contributed by atoms with Crippen LogP contribution in [0.4, 0.5) is 11.6 Å². The number of aromatic amines is 1. The third kappa shape index (κ3) is 1.63. The van der Waals surface area contributed by atoms with E-state index in [1.54, 1.807) is 16.9 Å². The molecular formula is C13H15N7. The monoisotopic (exact) mass is 269 g/mol. The molecule has 0 spiro atoms. The first-order valence-corrected chi connectivity index (χ1v) is 6.71. The van der Waals surface area contributed by atoms with E-state index in [2.05, 4.69) is 20.2 Å². The minimum atomic E-state index is 0.603. The topological polar surface area (TPSA) is 88.1 Å². The molecule has 0 amide bonds. The van der Waals surface area contributed by atoms with E-state index < -0.39 is 0 Å². The smallest absolute Gasteiger partial charge is 0.167 e. The van der Waals surface area contributed by atoms with E-state index in [4.69, 9.17) is 10.7 Å². The van der Waals surface area contributed by atoms with Crippen molar-refractivity contribution < 1.29 is 0 Å². The van der Waals surface area contributed by atoms with Gasteiger partial charge in [0.2, 0.25) is 0 Å². The summed E-state index contributed by atoms with van der Waals surface area (Å²) >= 11 is 0. The molecule has 0 aromatic carbocycles. The first-order valence-electron chi connectivity index (χ1n) is 6.71. The van der Waals surface area contributed by atoms with Crippen LogP contribution in [0.3, 0.4) is 0 Å². The molecule has 3 aromatic heterocycles. The average molecular weight is 269 g/mol. The van der Waals surface area contributed by atoms with Crippen molar-refractivity contribution in [1.29, 1.82) is 0 Å². The van der Waals surface area contributed by atoms with Crippen molar-refractivity contribution in [1.82, 2.24) is 24.8 Å². The highest BCUT2D eigenvalue weighted by Crippen LogP contribution is 2.27. The molecule has 7 nitrogen and oxygen atoms in total. The Balaban J connectivity index is 1.90. The second-order valence-electron chi connectivity index (χ2n) is 5.01. The summed E-state index contributed by atoms with van der Waals surface area (Å²) in [5, 5.41) is 11.1. The fourth-order valence-corrected chi connectivity index (χ4v) is 2.68. The van der Waals surface area contributed by atoms with Gasteiger partial charge in [0.1, 0.15) is 11.6 Å². The SMILES string of the molecule is Nc1cc(N2CCCC2)nc2c(-c3cn[nH]c3)cnn12. The van der Waals surface area contributed by atoms with Crippen LogP contribution in [0.5, 0.6) is 0 Å². The number of nitrogen functional groups attached to an aromatic ring is 1. The molecule has 102 valence electrons. The Labute approximate surface area is 115 Å². The van der Waals surface area contributed by atoms with Gasteiger partial charge in [0.25, 0.3) is 0 Å². The Bertz CT molecular complexity index is 738. The zero-order valence-corrected chi connectivity index (χ0v) is 11.0. The molecule has 0 saturated carbocycles. The molecule has 0 bridgehead atoms. The summed E-state index contributed by atoms with van der Waals surface area (Å²) in [5.41, 5.74) is 8.77. The van der Waals surface area contributed by atoms with Gasteiger partial charge in [-0.15, -0.1) is 0 Å². The number of nitrogens with zero attached hydrogens (tertiary/aromatic N) is 5. The Kier molecular flexibility index (Phi) is 2.38. The molecule has 0 radical (unpaired) electrons. The van der Waals surface area contributed by atoms with Crippen molar-refractivity contribution in [3.05, 3.63) is 24.7 Å². The minimum absolute atomic E-state index is 0.603. The maximum absolute atomic E-state index is 6.10. The largest absolute Gasteiger partial charge is 0.383 e. The first kappa shape index (κ1) is 11.3. The normalized spacial score (nSPS) is 15.3. The van der Waals surface area contributed by atoms with Crippen molar-refractivity contribution in [3.8, 4) is 11.1 Å². The summed E-state index contributed by atoms with van der Waals surface area (Å²) in [6.45, 7) is 2.08. The summed E-state index contributed by atoms with van der Waals surface area (Å²) in [4.78, 5) is 7.01. The van der Waals surface area contributed by atoms with Gasteiger partial charge in [-0.05, 0) is 12.8 Å². The van der Waals surface area contributed by atoms with Crippen molar-refractivity contribution >= 4 is 17.3 Å². The van der Waals surface area contributed by atoms with Crippen LogP contribution >= 0.6 is 0 Å². The van der Waals surface area contributed by atoms with E-state index in [0.717, 1.165) is 35.7 Å². The lowest BCUT2D eigenvalue weighted by atomic mass is 10.2. The molecular weight excluding hydrogens is 254 g/mol. The summed E-state index contributed by atoms with van der Waals surface area (Å²) in [5.74, 6) is 1.53. The molecule has 1 aliphatic rings. The molecule has 20 heavy (non-hydrogen) atoms. The quantitative estimate of drug-likeness (QED) is 0.732. The lowest BCUT2D eigenvalue weighted by Crippen LogP contribution is -2.20. The van der Waals surface area contributed by atoms with Gasteiger partial charge in [-0.2, -0.15) is 14.7 Å². The summed E-state index contributed by atoms with van der Waals surface area (Å²) in [7, 11) is 0. The molecule has 0 atom stereocenters. The van der Waals surface area contributed by atoms with Crippen LogP contribution in [0.15, 0.2) is 24.7 Å². The molecule has 3 aromatic rings. The van der Waals surface area contributed by atoms with E-state index in [1.165, 1.54) is 12.8 Å². The van der Waals surface area contributed by atoms with Gasteiger partial charge >= 0.3 is 0 Å². The number of H-pyrrole nitrogens is 1. The van der Waals surface area contributed by atoms with E-state index in [1.807, 2.05) is 12.3 Å². The highest BCUT2D eigenvalue weighted by molar-refractivity contribution is 5.78. The molecule has 0 unspecified atom stereocenters. The van der Waals surface area contributed by atoms with Crippen LogP contribution in [0.1, 0.15) is 12.8 Å². The van der Waals surface area contributed by atoms with Gasteiger partial charge in [-0.3, -0.25) is 5.10 Å². The highest BCUT2D eigenvalue weighted by atomic mass is 15.3. The Hall–Kier alpha value is -2.57. The predicted molar refractivity (Wildman–Crippen MR) is 76.4 cm³/mol. The van der Waals surface area contributed by atoms with Crippen molar-refractivity contribution in [2.45, 2.75) is 12.8 Å². The zero-order chi connectivity index (χ0) is 13.5. The first-order chi connectivity index (χ1) is 9.83. The lowest BCUT2D eigenvalue weighted by molar-refractivity contribution is 0.906. The van der Waals surface area contributed by atoms with Gasteiger partial charge in [-0.1, -0.05) is 0 Å². The molecule has 1 saturated heterocycles. The van der Waals surface area contributed by atoms with E-state index >= 15 is 0 Å². The number of anilines is 2. The number of fused-ring (bicyclic) bond motifs is 1. The van der Waals surface area contributed by atoms with Gasteiger partial charge in [0.15, 0.2) is 5.65 Å². The van der Waals surface area contributed by atoms with Crippen LogP contribution in [0.25, 0.3) is 16.8 Å². The van der Waals surface area contributed by atoms with Crippen molar-refractivity contribution in [2.24, 2.45) is 0 Å². The number of nitrogens with two attached hydrogens (primary N) is 1. The standard InChI is InChI=1S/C13H15N7/c14-11-5-12(19-3-1-2-4-19)18-13-10(8-17-20(11)13)9-6-15-16-7-9/h5-8H,1-4,14H2,(H,15,16). The number of rotatable bonds is 2. The number of aromatic nitrogens is 5. The van der Waals surface area contributed by atoms with Crippen LogP contribution in [-0.4, -0.2) is 37.9 Å². The third-order valence-corrected chi connectivity index (χ3v) is 3.73. The van der Waals surface area contributed by atoms with Crippen molar-refractivity contribution in [2.75, 3.05) is 23.7 Å². The second kappa shape index (κ2) is 4.22. The van der Waals surface area contributed by atoms with Crippen LogP contribution in [0, 0.1) is 0 Å². The Morgan fingerprint density at radius 2 is 2.05 bits per heavy atom. The lowest BCUT2D eigenvalue weighted by Gasteiger charge is -2.17. The Morgan fingerprint density at radius 1 is 1.20 bits per heavy atom. The third-order valence-electron chi connectivity index (χ3n) is 3.73. The summed E-state index contributed by atoms with van der Waals surface area (Å²) in [6.07, 6.45) is 7.79. The molecule has 1 fully saturated rings. The fraction of sp³-hybridized carbons (Fsp3) is 0.308. The number of nitrogens with one attached hydrogen (secondary N) is 1. The maximum atomic E-state index is 6.10. The van der Waals surface area contributed by atoms with Crippen LogP contribution in [0.2, 0.25) is 0 Å². The minimum Gasteiger partial charge on any atom is -0.383 e. The van der Waals surface area contributed by atoms with E-state index in [-0.39, 0.29) is 0 Å². The molecule has 3 N–H and O–H groups in total. The van der Waals surface area contributed by atoms with Gasteiger partial charge in [0.05, 0.1) is 12.4 Å². The second-order valence-corrected chi connectivity index (χ2v) is 5.01. The number of hydrogen-bond acceptors (Lipinski definition) is 5. The molecule has 7 heteroatoms. The highest BCUT2D eigenvalue weighted by Gasteiger charge is 2.18. The zero-order valence-electron chi connectivity index (χ0n) is 11.0.